The number of aromatic nitrogens is 3. The Morgan fingerprint density at radius 1 is 1.26 bits per heavy atom. The summed E-state index contributed by atoms with van der Waals surface area (Å²) in [6.45, 7) is 2.02. The lowest BCUT2D eigenvalue weighted by molar-refractivity contribution is -0.166. The first-order chi connectivity index (χ1) is 16.7. The Hall–Kier alpha value is -3.37. The van der Waals surface area contributed by atoms with Crippen LogP contribution in [0.15, 0.2) is 18.5 Å². The van der Waals surface area contributed by atoms with Gasteiger partial charge in [0.2, 0.25) is 5.60 Å². The van der Waals surface area contributed by atoms with E-state index in [1.165, 1.54) is 23.8 Å². The maximum atomic E-state index is 12.4. The summed E-state index contributed by atoms with van der Waals surface area (Å²) in [5.41, 5.74) is 4.56. The van der Waals surface area contributed by atoms with E-state index in [1.807, 2.05) is 0 Å². The topological polar surface area (TPSA) is 168 Å². The zero-order valence-corrected chi connectivity index (χ0v) is 20.0. The third-order valence-corrected chi connectivity index (χ3v) is 7.07. The summed E-state index contributed by atoms with van der Waals surface area (Å²) in [6, 6.07) is 5.19. The molecule has 1 aliphatic carbocycles. The summed E-state index contributed by atoms with van der Waals surface area (Å²) in [4.78, 5) is 40.3. The molecule has 2 fully saturated rings. The number of nitrogen functional groups attached to an aromatic ring is 1. The molecular weight excluding hydrogens is 478 g/mol. The molecular formula is C22H25N5O7S. The molecule has 2 aromatic rings. The first-order valence-electron chi connectivity index (χ1n) is 11.1. The first-order valence-corrected chi connectivity index (χ1v) is 12.0. The van der Waals surface area contributed by atoms with E-state index in [9.17, 15) is 19.6 Å². The molecule has 13 heteroatoms. The van der Waals surface area contributed by atoms with Crippen LogP contribution in [-0.4, -0.2) is 62.0 Å². The van der Waals surface area contributed by atoms with E-state index in [4.69, 9.17) is 24.7 Å². The van der Waals surface area contributed by atoms with Crippen molar-refractivity contribution in [3.63, 3.8) is 0 Å². The summed E-state index contributed by atoms with van der Waals surface area (Å²) in [5.74, 6) is -1.25. The van der Waals surface area contributed by atoms with Gasteiger partial charge in [-0.1, -0.05) is 12.8 Å². The maximum Gasteiger partial charge on any atom is 0.367 e. The van der Waals surface area contributed by atoms with Gasteiger partial charge < -0.3 is 24.7 Å². The highest BCUT2D eigenvalue weighted by atomic mass is 32.2. The van der Waals surface area contributed by atoms with Crippen LogP contribution in [0.3, 0.4) is 0 Å². The van der Waals surface area contributed by atoms with E-state index >= 15 is 0 Å². The van der Waals surface area contributed by atoms with Crippen molar-refractivity contribution in [2.45, 2.75) is 68.7 Å². The molecule has 2 aliphatic rings. The average Bonchev–Trinajstić information content (AvgIpc) is 3.52. The predicted octanol–water partition coefficient (Wildman–Crippen LogP) is 2.10. The van der Waals surface area contributed by atoms with Gasteiger partial charge in [-0.25, -0.2) is 14.3 Å². The largest absolute Gasteiger partial charge is 0.455 e. The molecule has 0 unspecified atom stereocenters. The van der Waals surface area contributed by atoms with Crippen molar-refractivity contribution in [3.8, 4) is 6.07 Å². The minimum absolute atomic E-state index is 0.160. The molecule has 4 rings (SSSR count). The smallest absolute Gasteiger partial charge is 0.367 e. The van der Waals surface area contributed by atoms with Gasteiger partial charge in [0.25, 0.3) is 0 Å². The fourth-order valence-corrected chi connectivity index (χ4v) is 5.48. The summed E-state index contributed by atoms with van der Waals surface area (Å²) < 4.78 is 23.8. The molecule has 4 atom stereocenters. The second-order valence-electron chi connectivity index (χ2n) is 8.35. The van der Waals surface area contributed by atoms with Gasteiger partial charge in [-0.3, -0.25) is 9.59 Å². The van der Waals surface area contributed by atoms with Crippen molar-refractivity contribution in [1.29, 1.82) is 5.26 Å². The van der Waals surface area contributed by atoms with Crippen molar-refractivity contribution in [2.24, 2.45) is 0 Å². The van der Waals surface area contributed by atoms with Gasteiger partial charge in [0.1, 0.15) is 30.6 Å². The number of nitrogens with two attached hydrogens (primary N) is 1. The monoisotopic (exact) mass is 503 g/mol. The van der Waals surface area contributed by atoms with Gasteiger partial charge in [0.15, 0.2) is 18.0 Å². The number of carbonyl (C=O) groups is 3. The van der Waals surface area contributed by atoms with Crippen LogP contribution >= 0.6 is 11.8 Å². The number of thioether (sulfide) groups is 1. The fraction of sp³-hybridized carbons (Fsp3) is 0.545. The summed E-state index contributed by atoms with van der Waals surface area (Å²) in [7, 11) is 0. The molecule has 2 N–H and O–H groups in total. The maximum absolute atomic E-state index is 12.4. The average molecular weight is 504 g/mol. The minimum atomic E-state index is -1.95. The van der Waals surface area contributed by atoms with Crippen LogP contribution in [0.2, 0.25) is 0 Å². The predicted molar refractivity (Wildman–Crippen MR) is 122 cm³/mol. The van der Waals surface area contributed by atoms with E-state index in [0.717, 1.165) is 44.4 Å². The van der Waals surface area contributed by atoms with Crippen molar-refractivity contribution < 1.29 is 33.3 Å². The van der Waals surface area contributed by atoms with E-state index in [1.54, 1.807) is 6.07 Å². The first kappa shape index (κ1) is 24.7. The Morgan fingerprint density at radius 3 is 2.63 bits per heavy atom. The fourth-order valence-electron chi connectivity index (χ4n) is 4.50. The molecule has 35 heavy (non-hydrogen) atoms. The standard InChI is InChI=1S/C22H25N5O7S/c1-12(28)32-18-16(9-31-21(30)35-14-5-3-4-6-14)34-22(10-23,19(18)33-13(2)29)17-8-7-15-20(24)25-11-26-27(15)17/h7-8,11,14,16,18-19H,3-6,9H2,1-2H3,(H2,24,25,26)/t16-,18-,19-,22+/m1/s1. The van der Waals surface area contributed by atoms with Crippen LogP contribution in [0.5, 0.6) is 0 Å². The van der Waals surface area contributed by atoms with Crippen molar-refractivity contribution in [1.82, 2.24) is 14.6 Å². The van der Waals surface area contributed by atoms with Gasteiger partial charge in [-0.15, -0.1) is 0 Å². The zero-order valence-electron chi connectivity index (χ0n) is 19.2. The Kier molecular flexibility index (Phi) is 7.13. The number of esters is 2. The number of hydrogen-bond donors (Lipinski definition) is 1. The molecule has 0 bridgehead atoms. The summed E-state index contributed by atoms with van der Waals surface area (Å²) in [5, 5.41) is 14.2. The lowest BCUT2D eigenvalue weighted by atomic mass is 9.92. The van der Waals surface area contributed by atoms with Crippen LogP contribution in [-0.2, 0) is 34.1 Å². The highest BCUT2D eigenvalue weighted by Crippen LogP contribution is 2.44. The molecule has 1 saturated heterocycles. The van der Waals surface area contributed by atoms with Gasteiger partial charge >= 0.3 is 17.2 Å². The number of nitriles is 1. The molecule has 2 aromatic heterocycles. The van der Waals surface area contributed by atoms with E-state index in [-0.39, 0.29) is 23.4 Å². The molecule has 0 spiro atoms. The number of fused-ring (bicyclic) bond motifs is 1. The Bertz CT molecular complexity index is 1170. The molecule has 1 aliphatic heterocycles. The van der Waals surface area contributed by atoms with E-state index < -0.39 is 41.2 Å². The van der Waals surface area contributed by atoms with Gasteiger partial charge in [0.05, 0.1) is 5.69 Å². The van der Waals surface area contributed by atoms with Crippen LogP contribution in [0.25, 0.3) is 5.52 Å². The third-order valence-electron chi connectivity index (χ3n) is 5.96. The quantitative estimate of drug-likeness (QED) is 0.451. The molecule has 0 radical (unpaired) electrons. The number of nitrogens with zero attached hydrogens (tertiary/aromatic N) is 4. The molecule has 3 heterocycles. The Balaban J connectivity index is 1.68. The number of ether oxygens (including phenoxy) is 4. The summed E-state index contributed by atoms with van der Waals surface area (Å²) >= 11 is 1.11. The van der Waals surface area contributed by atoms with Gasteiger partial charge in [-0.2, -0.15) is 10.4 Å². The minimum Gasteiger partial charge on any atom is -0.455 e. The van der Waals surface area contributed by atoms with Gasteiger partial charge in [0, 0.05) is 19.1 Å². The van der Waals surface area contributed by atoms with Crippen LogP contribution in [0.1, 0.15) is 45.2 Å². The molecule has 12 nitrogen and oxygen atoms in total. The van der Waals surface area contributed by atoms with E-state index in [0.29, 0.717) is 5.52 Å². The SMILES string of the molecule is CC(=O)O[C@H]1[C@@H](OC(C)=O)[C@](C#N)(c2ccc3c(N)ncnn23)O[C@@H]1COC(=O)SC1CCCC1. The van der Waals surface area contributed by atoms with E-state index in [2.05, 4.69) is 16.2 Å². The highest BCUT2D eigenvalue weighted by molar-refractivity contribution is 8.13. The van der Waals surface area contributed by atoms with Crippen molar-refractivity contribution in [3.05, 3.63) is 24.2 Å². The summed E-state index contributed by atoms with van der Waals surface area (Å²) in [6.07, 6.45) is 1.51. The normalized spacial score (nSPS) is 26.4. The zero-order chi connectivity index (χ0) is 25.2. The van der Waals surface area contributed by atoms with Crippen molar-refractivity contribution >= 4 is 40.3 Å². The molecule has 0 aromatic carbocycles. The van der Waals surface area contributed by atoms with Crippen LogP contribution < -0.4 is 5.73 Å². The lowest BCUT2D eigenvalue weighted by Crippen LogP contribution is -2.45. The van der Waals surface area contributed by atoms with Crippen LogP contribution in [0.4, 0.5) is 10.6 Å². The third kappa shape index (κ3) is 4.89. The second-order valence-corrected chi connectivity index (χ2v) is 9.59. The van der Waals surface area contributed by atoms with Crippen LogP contribution in [0, 0.1) is 11.3 Å². The molecule has 0 amide bonds. The lowest BCUT2D eigenvalue weighted by Gasteiger charge is -2.28. The highest BCUT2D eigenvalue weighted by Gasteiger charge is 2.62. The van der Waals surface area contributed by atoms with Gasteiger partial charge in [-0.05, 0) is 36.7 Å². The molecule has 1 saturated carbocycles. The number of hydrogen-bond acceptors (Lipinski definition) is 12. The Labute approximate surface area is 205 Å². The number of rotatable bonds is 6. The van der Waals surface area contributed by atoms with Crippen molar-refractivity contribution in [2.75, 3.05) is 12.3 Å². The Morgan fingerprint density at radius 2 is 1.97 bits per heavy atom. The molecule has 186 valence electrons. The second kappa shape index (κ2) is 10.1. The number of anilines is 1. The number of carbonyl (C=O) groups excluding carboxylic acids is 3.